The summed E-state index contributed by atoms with van der Waals surface area (Å²) in [7, 11) is 0. The molecule has 0 aliphatic carbocycles. The second kappa shape index (κ2) is 5.97. The molecule has 0 N–H and O–H groups in total. The minimum absolute atomic E-state index is 0.0907. The van der Waals surface area contributed by atoms with Crippen LogP contribution in [-0.4, -0.2) is 15.9 Å². The molecule has 1 aromatic heterocycles. The van der Waals surface area contributed by atoms with E-state index in [0.29, 0.717) is 29.6 Å². The van der Waals surface area contributed by atoms with Gasteiger partial charge < -0.3 is 4.52 Å². The van der Waals surface area contributed by atoms with Crippen molar-refractivity contribution in [2.24, 2.45) is 0 Å². The number of nitrogens with zero attached hydrogens (tertiary/aromatic N) is 2. The minimum Gasteiger partial charge on any atom is -0.339 e. The number of halogens is 1. The molecule has 2 aromatic rings. The van der Waals surface area contributed by atoms with E-state index in [-0.39, 0.29) is 11.7 Å². The van der Waals surface area contributed by atoms with Gasteiger partial charge in [-0.15, -0.1) is 0 Å². The number of benzene rings is 1. The Bertz CT molecular complexity index is 580. The molecule has 5 heteroatoms. The summed E-state index contributed by atoms with van der Waals surface area (Å²) in [4.78, 5) is 15.8. The first-order valence-electron chi connectivity index (χ1n) is 6.20. The van der Waals surface area contributed by atoms with Crippen molar-refractivity contribution in [1.29, 1.82) is 0 Å². The molecule has 0 saturated heterocycles. The van der Waals surface area contributed by atoms with Crippen LogP contribution in [0.3, 0.4) is 0 Å². The van der Waals surface area contributed by atoms with Crippen LogP contribution in [0.15, 0.2) is 28.8 Å². The molecule has 0 aliphatic heterocycles. The summed E-state index contributed by atoms with van der Waals surface area (Å²) in [5.41, 5.74) is 0.936. The highest BCUT2D eigenvalue weighted by molar-refractivity contribution is 6.31. The number of Topliss-reactive ketones (excluding diaryl/α,β-unsaturated/α-hetero) is 1. The summed E-state index contributed by atoms with van der Waals surface area (Å²) < 4.78 is 5.14. The highest BCUT2D eigenvalue weighted by Gasteiger charge is 2.20. The number of carbonyl (C=O) groups excluding carboxylic acids is 1. The van der Waals surface area contributed by atoms with Crippen molar-refractivity contribution in [3.05, 3.63) is 46.6 Å². The number of aromatic nitrogens is 2. The fourth-order valence-corrected chi connectivity index (χ4v) is 1.97. The van der Waals surface area contributed by atoms with Gasteiger partial charge in [-0.25, -0.2) is 0 Å². The Morgan fingerprint density at radius 1 is 1.42 bits per heavy atom. The molecule has 0 saturated carbocycles. The Kier molecular flexibility index (Phi) is 4.32. The summed E-state index contributed by atoms with van der Waals surface area (Å²) in [6.45, 7) is 3.60. The van der Waals surface area contributed by atoms with E-state index < -0.39 is 0 Å². The van der Waals surface area contributed by atoms with Crippen LogP contribution in [0.4, 0.5) is 0 Å². The molecule has 0 fully saturated rings. The van der Waals surface area contributed by atoms with Gasteiger partial charge in [0.1, 0.15) is 5.78 Å². The maximum Gasteiger partial charge on any atom is 0.236 e. The van der Waals surface area contributed by atoms with Gasteiger partial charge in [0.15, 0.2) is 5.82 Å². The molecule has 0 bridgehead atoms. The van der Waals surface area contributed by atoms with E-state index >= 15 is 0 Å². The van der Waals surface area contributed by atoms with Crippen molar-refractivity contribution in [1.82, 2.24) is 10.1 Å². The first-order valence-corrected chi connectivity index (χ1v) is 6.58. The molecular weight excluding hydrogens is 264 g/mol. The molecule has 1 atom stereocenters. The number of hydrogen-bond donors (Lipinski definition) is 0. The van der Waals surface area contributed by atoms with Crippen LogP contribution in [0.5, 0.6) is 0 Å². The smallest absolute Gasteiger partial charge is 0.236 e. The van der Waals surface area contributed by atoms with Crippen LogP contribution in [0, 0.1) is 0 Å². The zero-order chi connectivity index (χ0) is 13.8. The summed E-state index contributed by atoms with van der Waals surface area (Å²) in [5, 5.41) is 4.57. The number of rotatable bonds is 5. The van der Waals surface area contributed by atoms with E-state index in [9.17, 15) is 4.79 Å². The largest absolute Gasteiger partial charge is 0.339 e. The number of carbonyl (C=O) groups is 1. The Labute approximate surface area is 116 Å². The van der Waals surface area contributed by atoms with Crippen LogP contribution in [0.25, 0.3) is 0 Å². The van der Waals surface area contributed by atoms with Gasteiger partial charge in [0.2, 0.25) is 5.89 Å². The van der Waals surface area contributed by atoms with Crippen molar-refractivity contribution in [2.45, 2.75) is 32.6 Å². The fourth-order valence-electron chi connectivity index (χ4n) is 1.77. The number of hydrogen-bond acceptors (Lipinski definition) is 4. The van der Waals surface area contributed by atoms with Crippen LogP contribution >= 0.6 is 11.6 Å². The quantitative estimate of drug-likeness (QED) is 0.841. The molecular formula is C14H15ClN2O2. The SMILES string of the molecule is CCC(=O)C(C)c1nc(Cc2ccccc2Cl)no1. The van der Waals surface area contributed by atoms with Crippen molar-refractivity contribution >= 4 is 17.4 Å². The Morgan fingerprint density at radius 3 is 2.84 bits per heavy atom. The standard InChI is InChI=1S/C14H15ClN2O2/c1-3-12(18)9(2)14-16-13(17-19-14)8-10-6-4-5-7-11(10)15/h4-7,9H,3,8H2,1-2H3. The molecule has 2 rings (SSSR count). The molecule has 1 unspecified atom stereocenters. The van der Waals surface area contributed by atoms with Crippen LogP contribution in [0.1, 0.15) is 43.5 Å². The van der Waals surface area contributed by atoms with E-state index in [2.05, 4.69) is 10.1 Å². The van der Waals surface area contributed by atoms with Gasteiger partial charge in [-0.2, -0.15) is 4.98 Å². The van der Waals surface area contributed by atoms with Crippen molar-refractivity contribution in [3.8, 4) is 0 Å². The maximum atomic E-state index is 11.6. The first kappa shape index (κ1) is 13.7. The van der Waals surface area contributed by atoms with E-state index in [1.807, 2.05) is 31.2 Å². The number of ketones is 1. The molecule has 19 heavy (non-hydrogen) atoms. The van der Waals surface area contributed by atoms with Crippen molar-refractivity contribution < 1.29 is 9.32 Å². The van der Waals surface area contributed by atoms with Crippen LogP contribution < -0.4 is 0 Å². The summed E-state index contributed by atoms with van der Waals surface area (Å²) in [6.07, 6.45) is 0.958. The van der Waals surface area contributed by atoms with Crippen molar-refractivity contribution in [2.75, 3.05) is 0 Å². The third kappa shape index (κ3) is 3.20. The lowest BCUT2D eigenvalue weighted by Gasteiger charge is -2.01. The molecule has 1 aromatic carbocycles. The lowest BCUT2D eigenvalue weighted by molar-refractivity contribution is -0.120. The predicted octanol–water partition coefficient (Wildman–Crippen LogP) is 3.40. The minimum atomic E-state index is -0.350. The van der Waals surface area contributed by atoms with Gasteiger partial charge in [0.25, 0.3) is 0 Å². The van der Waals surface area contributed by atoms with E-state index in [0.717, 1.165) is 5.56 Å². The summed E-state index contributed by atoms with van der Waals surface area (Å²) in [6, 6.07) is 7.51. The second-order valence-electron chi connectivity index (χ2n) is 4.36. The van der Waals surface area contributed by atoms with Gasteiger partial charge in [0, 0.05) is 17.9 Å². The molecule has 4 nitrogen and oxygen atoms in total. The van der Waals surface area contributed by atoms with Gasteiger partial charge in [-0.3, -0.25) is 4.79 Å². The average molecular weight is 279 g/mol. The molecule has 100 valence electrons. The Balaban J connectivity index is 2.14. The lowest BCUT2D eigenvalue weighted by Crippen LogP contribution is -2.07. The molecule has 0 aliphatic rings. The highest BCUT2D eigenvalue weighted by atomic mass is 35.5. The van der Waals surface area contributed by atoms with Gasteiger partial charge in [-0.1, -0.05) is 41.9 Å². The van der Waals surface area contributed by atoms with Gasteiger partial charge >= 0.3 is 0 Å². The van der Waals surface area contributed by atoms with E-state index in [1.54, 1.807) is 6.92 Å². The Morgan fingerprint density at radius 2 is 2.16 bits per heavy atom. The maximum absolute atomic E-state index is 11.6. The second-order valence-corrected chi connectivity index (χ2v) is 4.77. The molecule has 0 spiro atoms. The monoisotopic (exact) mass is 278 g/mol. The topological polar surface area (TPSA) is 56.0 Å². The molecule has 0 radical (unpaired) electrons. The van der Waals surface area contributed by atoms with Crippen LogP contribution in [-0.2, 0) is 11.2 Å². The normalized spacial score (nSPS) is 12.4. The fraction of sp³-hybridized carbons (Fsp3) is 0.357. The molecule has 0 amide bonds. The summed E-state index contributed by atoms with van der Waals surface area (Å²) in [5.74, 6) is 0.651. The summed E-state index contributed by atoms with van der Waals surface area (Å²) >= 11 is 6.08. The predicted molar refractivity (Wildman–Crippen MR) is 72.3 cm³/mol. The van der Waals surface area contributed by atoms with Crippen LogP contribution in [0.2, 0.25) is 5.02 Å². The lowest BCUT2D eigenvalue weighted by atomic mass is 10.1. The first-order chi connectivity index (χ1) is 9.11. The highest BCUT2D eigenvalue weighted by Crippen LogP contribution is 2.20. The van der Waals surface area contributed by atoms with E-state index in [1.165, 1.54) is 0 Å². The Hall–Kier alpha value is -1.68. The zero-order valence-electron chi connectivity index (χ0n) is 10.9. The van der Waals surface area contributed by atoms with Gasteiger partial charge in [0.05, 0.1) is 5.92 Å². The zero-order valence-corrected chi connectivity index (χ0v) is 11.6. The van der Waals surface area contributed by atoms with E-state index in [4.69, 9.17) is 16.1 Å². The third-order valence-corrected chi connectivity index (χ3v) is 3.36. The van der Waals surface area contributed by atoms with Crippen molar-refractivity contribution in [3.63, 3.8) is 0 Å². The third-order valence-electron chi connectivity index (χ3n) is 2.99. The van der Waals surface area contributed by atoms with Gasteiger partial charge in [-0.05, 0) is 18.6 Å². The average Bonchev–Trinajstić information content (AvgIpc) is 2.88. The molecule has 1 heterocycles.